The van der Waals surface area contributed by atoms with Crippen molar-refractivity contribution in [2.45, 2.75) is 46.3 Å². The topological polar surface area (TPSA) is 65.1 Å². The summed E-state index contributed by atoms with van der Waals surface area (Å²) < 4.78 is 17.0. The fourth-order valence-corrected chi connectivity index (χ4v) is 3.31. The third kappa shape index (κ3) is 4.81. The van der Waals surface area contributed by atoms with E-state index >= 15 is 0 Å². The van der Waals surface area contributed by atoms with Crippen LogP contribution in [0.25, 0.3) is 0 Å². The molecule has 0 saturated carbocycles. The average molecular weight is 373 g/mol. The lowest BCUT2D eigenvalue weighted by atomic mass is 9.98. The van der Waals surface area contributed by atoms with Gasteiger partial charge in [-0.2, -0.15) is 0 Å². The summed E-state index contributed by atoms with van der Waals surface area (Å²) in [4.78, 5) is 26.8. The molecule has 0 saturated heterocycles. The standard InChI is InChI=1S/C21H27NO5/c1-14(2)12-22(20(24)19-10-16(23)11-21(3,4)27-19)13-15-5-6-17-18(9-15)26-8-7-25-17/h5-6,9-10,14H,7-8,11-13H2,1-4H3. The zero-order chi connectivity index (χ0) is 19.6. The number of carbonyl (C=O) groups is 2. The van der Waals surface area contributed by atoms with Crippen LogP contribution in [0.5, 0.6) is 11.5 Å². The molecule has 2 heterocycles. The van der Waals surface area contributed by atoms with Gasteiger partial charge in [0.25, 0.3) is 5.91 Å². The number of rotatable bonds is 5. The predicted octanol–water partition coefficient (Wildman–Crippen LogP) is 3.09. The SMILES string of the molecule is CC(C)CN(Cc1ccc2c(c1)OCCO2)C(=O)C1=CC(=O)CC(C)(C)O1. The van der Waals surface area contributed by atoms with Gasteiger partial charge in [-0.25, -0.2) is 0 Å². The zero-order valence-corrected chi connectivity index (χ0v) is 16.4. The summed E-state index contributed by atoms with van der Waals surface area (Å²) in [5.74, 6) is 1.46. The number of allylic oxidation sites excluding steroid dienone is 1. The van der Waals surface area contributed by atoms with Gasteiger partial charge in [-0.3, -0.25) is 9.59 Å². The maximum atomic E-state index is 13.1. The van der Waals surface area contributed by atoms with Crippen molar-refractivity contribution in [3.63, 3.8) is 0 Å². The van der Waals surface area contributed by atoms with E-state index in [2.05, 4.69) is 13.8 Å². The molecule has 3 rings (SSSR count). The van der Waals surface area contributed by atoms with E-state index in [0.717, 1.165) is 11.3 Å². The molecular formula is C21H27NO5. The Kier molecular flexibility index (Phi) is 5.44. The van der Waals surface area contributed by atoms with E-state index in [4.69, 9.17) is 14.2 Å². The molecule has 1 aromatic rings. The number of ketones is 1. The molecule has 0 atom stereocenters. The van der Waals surface area contributed by atoms with Crippen LogP contribution in [-0.2, 0) is 20.9 Å². The van der Waals surface area contributed by atoms with Gasteiger partial charge in [0, 0.05) is 25.6 Å². The van der Waals surface area contributed by atoms with E-state index in [-0.39, 0.29) is 29.8 Å². The Morgan fingerprint density at radius 2 is 1.89 bits per heavy atom. The van der Waals surface area contributed by atoms with Gasteiger partial charge in [0.1, 0.15) is 18.8 Å². The number of hydrogen-bond acceptors (Lipinski definition) is 5. The first-order chi connectivity index (χ1) is 12.7. The maximum Gasteiger partial charge on any atom is 0.289 e. The van der Waals surface area contributed by atoms with Crippen molar-refractivity contribution in [1.82, 2.24) is 4.90 Å². The number of nitrogens with zero attached hydrogens (tertiary/aromatic N) is 1. The molecule has 0 N–H and O–H groups in total. The van der Waals surface area contributed by atoms with Gasteiger partial charge in [0.2, 0.25) is 0 Å². The summed E-state index contributed by atoms with van der Waals surface area (Å²) in [6.07, 6.45) is 1.60. The van der Waals surface area contributed by atoms with Gasteiger partial charge in [0.15, 0.2) is 23.0 Å². The molecule has 27 heavy (non-hydrogen) atoms. The highest BCUT2D eigenvalue weighted by Gasteiger charge is 2.33. The number of amides is 1. The lowest BCUT2D eigenvalue weighted by Crippen LogP contribution is -2.40. The lowest BCUT2D eigenvalue weighted by molar-refractivity contribution is -0.139. The minimum atomic E-state index is -0.669. The maximum absolute atomic E-state index is 13.1. The van der Waals surface area contributed by atoms with Crippen LogP contribution in [0.2, 0.25) is 0 Å². The molecule has 0 unspecified atom stereocenters. The molecule has 0 aromatic heterocycles. The van der Waals surface area contributed by atoms with Crippen LogP contribution in [0.15, 0.2) is 30.0 Å². The van der Waals surface area contributed by atoms with E-state index in [1.54, 1.807) is 4.90 Å². The Morgan fingerprint density at radius 1 is 1.19 bits per heavy atom. The van der Waals surface area contributed by atoms with Crippen LogP contribution in [0, 0.1) is 5.92 Å². The molecule has 2 aliphatic heterocycles. The predicted molar refractivity (Wildman–Crippen MR) is 101 cm³/mol. The van der Waals surface area contributed by atoms with Crippen LogP contribution in [-0.4, -0.2) is 41.9 Å². The molecule has 1 amide bonds. The second-order valence-electron chi connectivity index (χ2n) is 8.07. The summed E-state index contributed by atoms with van der Waals surface area (Å²) in [5.41, 5.74) is 0.271. The second kappa shape index (κ2) is 7.62. The summed E-state index contributed by atoms with van der Waals surface area (Å²) in [6.45, 7) is 9.76. The Bertz CT molecular complexity index is 766. The molecule has 146 valence electrons. The highest BCUT2D eigenvalue weighted by atomic mass is 16.6. The van der Waals surface area contributed by atoms with Crippen molar-refractivity contribution in [1.29, 1.82) is 0 Å². The number of hydrogen-bond donors (Lipinski definition) is 0. The van der Waals surface area contributed by atoms with E-state index in [1.807, 2.05) is 32.0 Å². The summed E-state index contributed by atoms with van der Waals surface area (Å²) >= 11 is 0. The van der Waals surface area contributed by atoms with E-state index in [0.29, 0.717) is 32.1 Å². The molecule has 0 fully saturated rings. The van der Waals surface area contributed by atoms with Gasteiger partial charge in [-0.1, -0.05) is 19.9 Å². The Labute approximate surface area is 160 Å². The third-order valence-electron chi connectivity index (χ3n) is 4.34. The van der Waals surface area contributed by atoms with Crippen molar-refractivity contribution < 1.29 is 23.8 Å². The number of carbonyl (C=O) groups excluding carboxylic acids is 2. The van der Waals surface area contributed by atoms with Crippen molar-refractivity contribution in [3.8, 4) is 11.5 Å². The highest BCUT2D eigenvalue weighted by molar-refractivity contribution is 6.01. The smallest absolute Gasteiger partial charge is 0.289 e. The van der Waals surface area contributed by atoms with Crippen LogP contribution in [0.1, 0.15) is 39.7 Å². The van der Waals surface area contributed by atoms with Gasteiger partial charge >= 0.3 is 0 Å². The number of fused-ring (bicyclic) bond motifs is 1. The quantitative estimate of drug-likeness (QED) is 0.794. The fourth-order valence-electron chi connectivity index (χ4n) is 3.31. The first-order valence-corrected chi connectivity index (χ1v) is 9.35. The minimum Gasteiger partial charge on any atom is -0.486 e. The van der Waals surface area contributed by atoms with Crippen molar-refractivity contribution >= 4 is 11.7 Å². The van der Waals surface area contributed by atoms with Crippen molar-refractivity contribution in [2.75, 3.05) is 19.8 Å². The molecule has 6 nitrogen and oxygen atoms in total. The first-order valence-electron chi connectivity index (χ1n) is 9.35. The molecule has 0 radical (unpaired) electrons. The summed E-state index contributed by atoms with van der Waals surface area (Å²) in [6, 6.07) is 5.70. The second-order valence-corrected chi connectivity index (χ2v) is 8.07. The van der Waals surface area contributed by atoms with E-state index in [1.165, 1.54) is 6.08 Å². The Balaban J connectivity index is 1.81. The van der Waals surface area contributed by atoms with Crippen LogP contribution in [0.3, 0.4) is 0 Å². The Hall–Kier alpha value is -2.50. The molecule has 2 aliphatic rings. The van der Waals surface area contributed by atoms with Crippen LogP contribution < -0.4 is 9.47 Å². The average Bonchev–Trinajstić information content (AvgIpc) is 2.58. The van der Waals surface area contributed by atoms with Crippen molar-refractivity contribution in [3.05, 3.63) is 35.6 Å². The lowest BCUT2D eigenvalue weighted by Gasteiger charge is -2.33. The monoisotopic (exact) mass is 373 g/mol. The molecule has 6 heteroatoms. The molecular weight excluding hydrogens is 346 g/mol. The summed E-state index contributed by atoms with van der Waals surface area (Å²) in [7, 11) is 0. The normalized spacial score (nSPS) is 18.0. The Morgan fingerprint density at radius 3 is 2.56 bits per heavy atom. The van der Waals surface area contributed by atoms with E-state index in [9.17, 15) is 9.59 Å². The van der Waals surface area contributed by atoms with Gasteiger partial charge in [0.05, 0.1) is 0 Å². The fraction of sp³-hybridized carbons (Fsp3) is 0.524. The van der Waals surface area contributed by atoms with Gasteiger partial charge < -0.3 is 19.1 Å². The third-order valence-corrected chi connectivity index (χ3v) is 4.34. The summed E-state index contributed by atoms with van der Waals surface area (Å²) in [5, 5.41) is 0. The molecule has 0 spiro atoms. The minimum absolute atomic E-state index is 0.0848. The molecule has 0 aliphatic carbocycles. The van der Waals surface area contributed by atoms with Crippen LogP contribution in [0.4, 0.5) is 0 Å². The molecule has 0 bridgehead atoms. The first kappa shape index (κ1) is 19.3. The number of ether oxygens (including phenoxy) is 3. The van der Waals surface area contributed by atoms with E-state index < -0.39 is 5.60 Å². The van der Waals surface area contributed by atoms with Gasteiger partial charge in [-0.15, -0.1) is 0 Å². The number of benzene rings is 1. The largest absolute Gasteiger partial charge is 0.486 e. The van der Waals surface area contributed by atoms with Crippen molar-refractivity contribution in [2.24, 2.45) is 5.92 Å². The highest BCUT2D eigenvalue weighted by Crippen LogP contribution is 2.32. The molecule has 1 aromatic carbocycles. The zero-order valence-electron chi connectivity index (χ0n) is 16.4. The van der Waals surface area contributed by atoms with Gasteiger partial charge in [-0.05, 0) is 37.5 Å². The van der Waals surface area contributed by atoms with Crippen LogP contribution >= 0.6 is 0 Å².